The van der Waals surface area contributed by atoms with Crippen molar-refractivity contribution in [3.05, 3.63) is 36.0 Å². The van der Waals surface area contributed by atoms with Gasteiger partial charge in [-0.15, -0.1) is 0 Å². The molecule has 1 aromatic heterocycles. The molecule has 2 N–H and O–H groups in total. The largest absolute Gasteiger partial charge is 0.481 e. The quantitative estimate of drug-likeness (QED) is 0.912. The molecule has 2 heterocycles. The van der Waals surface area contributed by atoms with Gasteiger partial charge < -0.3 is 10.1 Å². The Kier molecular flexibility index (Phi) is 3.87. The number of benzene rings is 1. The SMILES string of the molecule is O=C(O)C1(C(F)F)CCN(Cc2ccc3cc[nH]c3c2)CC1. The van der Waals surface area contributed by atoms with Crippen molar-refractivity contribution in [2.24, 2.45) is 5.41 Å². The van der Waals surface area contributed by atoms with Gasteiger partial charge in [0.25, 0.3) is 6.43 Å². The molecule has 0 radical (unpaired) electrons. The number of nitrogens with zero attached hydrogens (tertiary/aromatic N) is 1. The second-order valence-electron chi connectivity index (χ2n) is 5.94. The highest BCUT2D eigenvalue weighted by Gasteiger charge is 2.49. The molecular formula is C16H18F2N2O2. The summed E-state index contributed by atoms with van der Waals surface area (Å²) < 4.78 is 26.2. The van der Waals surface area contributed by atoms with E-state index < -0.39 is 17.8 Å². The number of carboxylic acid groups (broad SMARTS) is 1. The molecule has 1 aromatic carbocycles. The summed E-state index contributed by atoms with van der Waals surface area (Å²) in [4.78, 5) is 16.4. The Morgan fingerprint density at radius 1 is 1.32 bits per heavy atom. The number of piperidine rings is 1. The van der Waals surface area contributed by atoms with Crippen LogP contribution < -0.4 is 0 Å². The molecule has 0 amide bonds. The number of aromatic nitrogens is 1. The monoisotopic (exact) mass is 308 g/mol. The fourth-order valence-corrected chi connectivity index (χ4v) is 3.09. The first-order valence-corrected chi connectivity index (χ1v) is 7.31. The van der Waals surface area contributed by atoms with Crippen LogP contribution in [0.4, 0.5) is 8.78 Å². The van der Waals surface area contributed by atoms with E-state index >= 15 is 0 Å². The average Bonchev–Trinajstić information content (AvgIpc) is 2.95. The summed E-state index contributed by atoms with van der Waals surface area (Å²) in [6, 6.07) is 8.07. The summed E-state index contributed by atoms with van der Waals surface area (Å²) in [6.07, 6.45) is -0.961. The Hall–Kier alpha value is -1.95. The maximum absolute atomic E-state index is 13.1. The standard InChI is InChI=1S/C16H18F2N2O2/c17-14(18)16(15(21)22)4-7-20(8-5-16)10-11-1-2-12-3-6-19-13(12)9-11/h1-3,6,9,14,19H,4-5,7-8,10H2,(H,21,22). The van der Waals surface area contributed by atoms with Crippen molar-refractivity contribution in [3.8, 4) is 0 Å². The molecule has 22 heavy (non-hydrogen) atoms. The highest BCUT2D eigenvalue weighted by molar-refractivity contribution is 5.79. The van der Waals surface area contributed by atoms with Gasteiger partial charge in [-0.2, -0.15) is 0 Å². The third-order valence-electron chi connectivity index (χ3n) is 4.62. The predicted molar refractivity (Wildman–Crippen MR) is 78.9 cm³/mol. The second-order valence-corrected chi connectivity index (χ2v) is 5.94. The number of likely N-dealkylation sites (tertiary alicyclic amines) is 1. The van der Waals surface area contributed by atoms with E-state index in [9.17, 15) is 13.6 Å². The smallest absolute Gasteiger partial charge is 0.315 e. The van der Waals surface area contributed by atoms with Gasteiger partial charge in [-0.3, -0.25) is 9.69 Å². The van der Waals surface area contributed by atoms with Gasteiger partial charge in [0, 0.05) is 18.3 Å². The van der Waals surface area contributed by atoms with Crippen molar-refractivity contribution in [3.63, 3.8) is 0 Å². The number of aliphatic carboxylic acids is 1. The van der Waals surface area contributed by atoms with Crippen molar-refractivity contribution in [2.75, 3.05) is 13.1 Å². The third-order valence-corrected chi connectivity index (χ3v) is 4.62. The lowest BCUT2D eigenvalue weighted by molar-refractivity contribution is -0.165. The van der Waals surface area contributed by atoms with Gasteiger partial charge >= 0.3 is 5.97 Å². The number of H-pyrrole nitrogens is 1. The van der Waals surface area contributed by atoms with Crippen LogP contribution in [-0.2, 0) is 11.3 Å². The molecule has 0 saturated carbocycles. The van der Waals surface area contributed by atoms with Crippen molar-refractivity contribution < 1.29 is 18.7 Å². The fraction of sp³-hybridized carbons (Fsp3) is 0.438. The third kappa shape index (κ3) is 2.59. The van der Waals surface area contributed by atoms with Gasteiger partial charge in [0.2, 0.25) is 0 Å². The highest BCUT2D eigenvalue weighted by atomic mass is 19.3. The van der Waals surface area contributed by atoms with Crippen LogP contribution in [0.25, 0.3) is 10.9 Å². The fourth-order valence-electron chi connectivity index (χ4n) is 3.09. The molecular weight excluding hydrogens is 290 g/mol. The van der Waals surface area contributed by atoms with Crippen molar-refractivity contribution >= 4 is 16.9 Å². The van der Waals surface area contributed by atoms with Crippen LogP contribution in [0.3, 0.4) is 0 Å². The maximum Gasteiger partial charge on any atom is 0.315 e. The minimum atomic E-state index is -2.82. The molecule has 1 saturated heterocycles. The number of nitrogens with one attached hydrogen (secondary N) is 1. The number of carboxylic acids is 1. The summed E-state index contributed by atoms with van der Waals surface area (Å²) in [5.41, 5.74) is 0.261. The van der Waals surface area contributed by atoms with Gasteiger partial charge in [0.15, 0.2) is 0 Å². The Labute approximate surface area is 126 Å². The molecule has 1 aliphatic rings. The lowest BCUT2D eigenvalue weighted by atomic mass is 9.78. The van der Waals surface area contributed by atoms with E-state index in [1.807, 2.05) is 35.4 Å². The number of rotatable bonds is 4. The first kappa shape index (κ1) is 15.0. The molecule has 2 aromatic rings. The summed E-state index contributed by atoms with van der Waals surface area (Å²) in [5, 5.41) is 10.3. The molecule has 0 spiro atoms. The van der Waals surface area contributed by atoms with E-state index in [1.165, 1.54) is 0 Å². The van der Waals surface area contributed by atoms with Crippen LogP contribution in [0.1, 0.15) is 18.4 Å². The van der Waals surface area contributed by atoms with Crippen LogP contribution in [0.5, 0.6) is 0 Å². The Balaban J connectivity index is 1.67. The number of alkyl halides is 2. The van der Waals surface area contributed by atoms with E-state index in [0.717, 1.165) is 16.5 Å². The number of carbonyl (C=O) groups is 1. The molecule has 1 aliphatic heterocycles. The summed E-state index contributed by atoms with van der Waals surface area (Å²) in [5.74, 6) is -1.38. The Morgan fingerprint density at radius 2 is 2.05 bits per heavy atom. The van der Waals surface area contributed by atoms with Crippen LogP contribution in [0, 0.1) is 5.41 Å². The molecule has 0 aliphatic carbocycles. The number of aromatic amines is 1. The van der Waals surface area contributed by atoms with Gasteiger partial charge in [-0.05, 0) is 49.0 Å². The minimum Gasteiger partial charge on any atom is -0.481 e. The van der Waals surface area contributed by atoms with E-state index in [0.29, 0.717) is 19.6 Å². The zero-order valence-electron chi connectivity index (χ0n) is 12.1. The van der Waals surface area contributed by atoms with E-state index in [-0.39, 0.29) is 12.8 Å². The zero-order valence-corrected chi connectivity index (χ0v) is 12.1. The Bertz CT molecular complexity index is 676. The van der Waals surface area contributed by atoms with Crippen LogP contribution >= 0.6 is 0 Å². The van der Waals surface area contributed by atoms with Crippen molar-refractivity contribution in [2.45, 2.75) is 25.8 Å². The summed E-state index contributed by atoms with van der Waals surface area (Å²) in [6.45, 7) is 1.40. The molecule has 0 bridgehead atoms. The Morgan fingerprint density at radius 3 is 2.68 bits per heavy atom. The normalized spacial score (nSPS) is 18.9. The molecule has 0 unspecified atom stereocenters. The lowest BCUT2D eigenvalue weighted by Gasteiger charge is -2.38. The summed E-state index contributed by atoms with van der Waals surface area (Å²) >= 11 is 0. The average molecular weight is 308 g/mol. The first-order valence-electron chi connectivity index (χ1n) is 7.31. The van der Waals surface area contributed by atoms with Gasteiger partial charge in [0.1, 0.15) is 5.41 Å². The van der Waals surface area contributed by atoms with E-state index in [2.05, 4.69) is 4.98 Å². The topological polar surface area (TPSA) is 56.3 Å². The predicted octanol–water partition coefficient (Wildman–Crippen LogP) is 3.10. The maximum atomic E-state index is 13.1. The van der Waals surface area contributed by atoms with Gasteiger partial charge in [-0.25, -0.2) is 8.78 Å². The van der Waals surface area contributed by atoms with Crippen LogP contribution in [-0.4, -0.2) is 40.5 Å². The van der Waals surface area contributed by atoms with Crippen LogP contribution in [0.15, 0.2) is 30.5 Å². The first-order chi connectivity index (χ1) is 10.5. The molecule has 6 heteroatoms. The van der Waals surface area contributed by atoms with Gasteiger partial charge in [0.05, 0.1) is 0 Å². The number of hydrogen-bond acceptors (Lipinski definition) is 2. The molecule has 0 atom stereocenters. The highest BCUT2D eigenvalue weighted by Crippen LogP contribution is 2.38. The lowest BCUT2D eigenvalue weighted by Crippen LogP contribution is -2.48. The number of hydrogen-bond donors (Lipinski definition) is 2. The summed E-state index contributed by atoms with van der Waals surface area (Å²) in [7, 11) is 0. The van der Waals surface area contributed by atoms with E-state index in [1.54, 1.807) is 0 Å². The molecule has 4 nitrogen and oxygen atoms in total. The van der Waals surface area contributed by atoms with Crippen molar-refractivity contribution in [1.29, 1.82) is 0 Å². The number of halogens is 2. The zero-order chi connectivity index (χ0) is 15.7. The van der Waals surface area contributed by atoms with E-state index in [4.69, 9.17) is 5.11 Å². The van der Waals surface area contributed by atoms with Crippen LogP contribution in [0.2, 0.25) is 0 Å². The molecule has 118 valence electrons. The molecule has 1 fully saturated rings. The molecule has 3 rings (SSSR count). The van der Waals surface area contributed by atoms with Gasteiger partial charge in [-0.1, -0.05) is 12.1 Å². The second kappa shape index (κ2) is 5.68. The van der Waals surface area contributed by atoms with Crippen molar-refractivity contribution in [1.82, 2.24) is 9.88 Å². The minimum absolute atomic E-state index is 0.00918. The number of fused-ring (bicyclic) bond motifs is 1.